The molecule has 0 saturated carbocycles. The highest BCUT2D eigenvalue weighted by atomic mass is 35.5. The van der Waals surface area contributed by atoms with Crippen molar-refractivity contribution in [2.45, 2.75) is 32.6 Å². The maximum atomic E-state index is 13.0. The molecule has 0 radical (unpaired) electrons. The van der Waals surface area contributed by atoms with Gasteiger partial charge in [-0.15, -0.1) is 0 Å². The molecule has 1 aromatic heterocycles. The summed E-state index contributed by atoms with van der Waals surface area (Å²) in [5.41, 5.74) is 2.18. The molecule has 0 spiro atoms. The SMILES string of the molecule is CC1(C)CC(=O)C2=C(C1)Nc1[nH][nH]c(=O)c1C2c1cccc(Cl)c1Cl. The zero-order valence-corrected chi connectivity index (χ0v) is 15.3. The first kappa shape index (κ1) is 16.5. The molecule has 5 nitrogen and oxygen atoms in total. The number of H-pyrrole nitrogens is 2. The molecule has 25 heavy (non-hydrogen) atoms. The second-order valence-electron chi connectivity index (χ2n) is 7.40. The van der Waals surface area contributed by atoms with Gasteiger partial charge in [0.25, 0.3) is 5.56 Å². The number of aromatic nitrogens is 2. The van der Waals surface area contributed by atoms with Crippen LogP contribution >= 0.6 is 23.2 Å². The molecule has 3 N–H and O–H groups in total. The van der Waals surface area contributed by atoms with Crippen LogP contribution in [0.5, 0.6) is 0 Å². The van der Waals surface area contributed by atoms with Gasteiger partial charge in [-0.25, -0.2) is 0 Å². The number of hydrogen-bond donors (Lipinski definition) is 3. The second-order valence-corrected chi connectivity index (χ2v) is 8.19. The third-order valence-corrected chi connectivity index (χ3v) is 5.71. The minimum absolute atomic E-state index is 0.0334. The Hall–Kier alpha value is -1.98. The van der Waals surface area contributed by atoms with Crippen molar-refractivity contribution in [3.63, 3.8) is 0 Å². The van der Waals surface area contributed by atoms with Crippen molar-refractivity contribution in [3.8, 4) is 0 Å². The normalized spacial score (nSPS) is 21.6. The fourth-order valence-corrected chi connectivity index (χ4v) is 4.29. The highest BCUT2D eigenvalue weighted by molar-refractivity contribution is 6.42. The monoisotopic (exact) mass is 377 g/mol. The number of anilines is 1. The maximum absolute atomic E-state index is 13.0. The van der Waals surface area contributed by atoms with Crippen molar-refractivity contribution in [1.82, 2.24) is 10.2 Å². The average molecular weight is 378 g/mol. The first-order valence-electron chi connectivity index (χ1n) is 8.06. The number of nitrogens with one attached hydrogen (secondary N) is 3. The Morgan fingerprint density at radius 3 is 2.64 bits per heavy atom. The molecule has 0 fully saturated rings. The van der Waals surface area contributed by atoms with Gasteiger partial charge in [0.15, 0.2) is 5.78 Å². The van der Waals surface area contributed by atoms with Crippen LogP contribution in [-0.2, 0) is 4.79 Å². The lowest BCUT2D eigenvalue weighted by atomic mass is 9.69. The van der Waals surface area contributed by atoms with Crippen LogP contribution in [0.3, 0.4) is 0 Å². The number of rotatable bonds is 1. The van der Waals surface area contributed by atoms with E-state index in [1.54, 1.807) is 12.1 Å². The Morgan fingerprint density at radius 2 is 1.88 bits per heavy atom. The Kier molecular flexibility index (Phi) is 3.63. The minimum Gasteiger partial charge on any atom is -0.343 e. The number of benzene rings is 1. The van der Waals surface area contributed by atoms with Crippen LogP contribution < -0.4 is 10.9 Å². The fourth-order valence-electron chi connectivity index (χ4n) is 3.87. The summed E-state index contributed by atoms with van der Waals surface area (Å²) in [5.74, 6) is 0.0809. The van der Waals surface area contributed by atoms with Crippen LogP contribution in [-0.4, -0.2) is 16.0 Å². The van der Waals surface area contributed by atoms with Gasteiger partial charge < -0.3 is 5.32 Å². The Morgan fingerprint density at radius 1 is 1.12 bits per heavy atom. The van der Waals surface area contributed by atoms with Gasteiger partial charge >= 0.3 is 0 Å². The van der Waals surface area contributed by atoms with Gasteiger partial charge in [-0.05, 0) is 23.5 Å². The van der Waals surface area contributed by atoms with Gasteiger partial charge in [0.05, 0.1) is 15.6 Å². The molecule has 2 aliphatic rings. The van der Waals surface area contributed by atoms with Crippen molar-refractivity contribution in [2.24, 2.45) is 5.41 Å². The van der Waals surface area contributed by atoms with Gasteiger partial charge in [-0.1, -0.05) is 49.2 Å². The lowest BCUT2D eigenvalue weighted by Gasteiger charge is -2.38. The molecule has 1 aliphatic heterocycles. The van der Waals surface area contributed by atoms with Crippen molar-refractivity contribution in [1.29, 1.82) is 0 Å². The first-order chi connectivity index (χ1) is 11.8. The van der Waals surface area contributed by atoms with E-state index in [0.29, 0.717) is 39.0 Å². The van der Waals surface area contributed by atoms with Crippen molar-refractivity contribution >= 4 is 34.8 Å². The third-order valence-electron chi connectivity index (χ3n) is 4.88. The number of Topliss-reactive ketones (excluding diaryl/α,β-unsaturated/α-hetero) is 1. The fraction of sp³-hybridized carbons (Fsp3) is 0.333. The standard InChI is InChI=1S/C18H17Cl2N3O2/c1-18(2)6-10-13(11(24)7-18)12(8-4-3-5-9(19)15(8)20)14-16(21-10)22-23-17(14)25/h3-5,12H,6-7H2,1-2H3,(H3,21,22,23,25). The number of halogens is 2. The van der Waals surface area contributed by atoms with Crippen LogP contribution in [0.4, 0.5) is 5.82 Å². The molecular weight excluding hydrogens is 361 g/mol. The van der Waals surface area contributed by atoms with Crippen LogP contribution in [0.25, 0.3) is 0 Å². The minimum atomic E-state index is -0.531. The molecule has 1 aliphatic carbocycles. The number of carbonyl (C=O) groups excluding carboxylic acids is 1. The maximum Gasteiger partial charge on any atom is 0.270 e. The summed E-state index contributed by atoms with van der Waals surface area (Å²) in [6.45, 7) is 4.13. The van der Waals surface area contributed by atoms with E-state index in [0.717, 1.165) is 12.1 Å². The number of aromatic amines is 2. The number of hydrogen-bond acceptors (Lipinski definition) is 3. The highest BCUT2D eigenvalue weighted by Gasteiger charge is 2.43. The number of carbonyl (C=O) groups is 1. The van der Waals surface area contributed by atoms with Gasteiger partial charge in [-0.3, -0.25) is 19.8 Å². The van der Waals surface area contributed by atoms with Crippen molar-refractivity contribution < 1.29 is 4.79 Å². The molecular formula is C18H17Cl2N3O2. The van der Waals surface area contributed by atoms with Gasteiger partial charge in [0.2, 0.25) is 0 Å². The summed E-state index contributed by atoms with van der Waals surface area (Å²) in [6, 6.07) is 5.29. The molecule has 0 amide bonds. The van der Waals surface area contributed by atoms with E-state index in [4.69, 9.17) is 23.2 Å². The van der Waals surface area contributed by atoms with E-state index >= 15 is 0 Å². The number of ketones is 1. The van der Waals surface area contributed by atoms with E-state index < -0.39 is 5.92 Å². The van der Waals surface area contributed by atoms with E-state index in [-0.39, 0.29) is 16.8 Å². The summed E-state index contributed by atoms with van der Waals surface area (Å²) >= 11 is 12.6. The number of fused-ring (bicyclic) bond motifs is 1. The molecule has 2 heterocycles. The lowest BCUT2D eigenvalue weighted by molar-refractivity contribution is -0.118. The van der Waals surface area contributed by atoms with Crippen LogP contribution in [0, 0.1) is 5.41 Å². The van der Waals surface area contributed by atoms with Gasteiger partial charge in [0, 0.05) is 23.6 Å². The Bertz CT molecular complexity index is 984. The Balaban J connectivity index is 2.00. The quantitative estimate of drug-likeness (QED) is 0.696. The van der Waals surface area contributed by atoms with E-state index in [9.17, 15) is 9.59 Å². The largest absolute Gasteiger partial charge is 0.343 e. The van der Waals surface area contributed by atoms with Crippen LogP contribution in [0.1, 0.15) is 43.7 Å². The molecule has 4 rings (SSSR count). The first-order valence-corrected chi connectivity index (χ1v) is 8.82. The molecule has 0 bridgehead atoms. The summed E-state index contributed by atoms with van der Waals surface area (Å²) < 4.78 is 0. The zero-order chi connectivity index (χ0) is 17.9. The Labute approximate surface area is 154 Å². The predicted molar refractivity (Wildman–Crippen MR) is 98.4 cm³/mol. The second kappa shape index (κ2) is 5.51. The summed E-state index contributed by atoms with van der Waals surface area (Å²) in [5, 5.41) is 9.47. The highest BCUT2D eigenvalue weighted by Crippen LogP contribution is 2.49. The topological polar surface area (TPSA) is 77.8 Å². The van der Waals surface area contributed by atoms with Crippen LogP contribution in [0.2, 0.25) is 10.0 Å². The summed E-state index contributed by atoms with van der Waals surface area (Å²) in [6.07, 6.45) is 1.15. The van der Waals surface area contributed by atoms with Crippen LogP contribution in [0.15, 0.2) is 34.3 Å². The summed E-state index contributed by atoms with van der Waals surface area (Å²) in [7, 11) is 0. The van der Waals surface area contributed by atoms with E-state index in [1.807, 2.05) is 6.07 Å². The molecule has 130 valence electrons. The van der Waals surface area contributed by atoms with Crippen molar-refractivity contribution in [3.05, 3.63) is 61.0 Å². The molecule has 7 heteroatoms. The molecule has 1 aromatic carbocycles. The lowest BCUT2D eigenvalue weighted by Crippen LogP contribution is -2.35. The molecule has 0 saturated heterocycles. The zero-order valence-electron chi connectivity index (χ0n) is 13.8. The average Bonchev–Trinajstić information content (AvgIpc) is 2.88. The van der Waals surface area contributed by atoms with Crippen molar-refractivity contribution in [2.75, 3.05) is 5.32 Å². The van der Waals surface area contributed by atoms with Gasteiger partial charge in [0.1, 0.15) is 5.82 Å². The summed E-state index contributed by atoms with van der Waals surface area (Å²) in [4.78, 5) is 25.4. The van der Waals surface area contributed by atoms with E-state index in [1.165, 1.54) is 0 Å². The molecule has 1 unspecified atom stereocenters. The molecule has 1 atom stereocenters. The smallest absolute Gasteiger partial charge is 0.270 e. The van der Waals surface area contributed by atoms with E-state index in [2.05, 4.69) is 29.4 Å². The third kappa shape index (κ3) is 2.53. The number of allylic oxidation sites excluding steroid dienone is 2. The molecule has 2 aromatic rings. The predicted octanol–water partition coefficient (Wildman–Crippen LogP) is 4.21. The van der Waals surface area contributed by atoms with Gasteiger partial charge in [-0.2, -0.15) is 0 Å².